The molecule has 1 amide bonds. The Kier molecular flexibility index (Phi) is 6.03. The van der Waals surface area contributed by atoms with Crippen LogP contribution in [0.2, 0.25) is 0 Å². The first kappa shape index (κ1) is 19.7. The molecule has 0 N–H and O–H groups in total. The van der Waals surface area contributed by atoms with Crippen LogP contribution in [0.4, 0.5) is 16.4 Å². The van der Waals surface area contributed by atoms with Crippen molar-refractivity contribution in [1.29, 1.82) is 0 Å². The van der Waals surface area contributed by atoms with Crippen molar-refractivity contribution in [3.8, 4) is 0 Å². The van der Waals surface area contributed by atoms with Crippen molar-refractivity contribution in [2.75, 3.05) is 60.6 Å². The van der Waals surface area contributed by atoms with Gasteiger partial charge in [-0.25, -0.2) is 23.2 Å². The van der Waals surface area contributed by atoms with E-state index in [1.165, 1.54) is 6.33 Å². The smallest absolute Gasteiger partial charge is 0.409 e. The number of amides is 1. The van der Waals surface area contributed by atoms with Crippen molar-refractivity contribution in [3.05, 3.63) is 12.4 Å². The largest absolute Gasteiger partial charge is 0.450 e. The summed E-state index contributed by atoms with van der Waals surface area (Å²) >= 11 is 0. The molecule has 1 atom stereocenters. The lowest BCUT2D eigenvalue weighted by Gasteiger charge is -2.35. The quantitative estimate of drug-likeness (QED) is 0.719. The summed E-state index contributed by atoms with van der Waals surface area (Å²) in [6.45, 7) is 7.35. The number of ether oxygens (including phenoxy) is 1. The molecule has 0 spiro atoms. The molecule has 0 bridgehead atoms. The Morgan fingerprint density at radius 2 is 2.00 bits per heavy atom. The molecular formula is C17H27N5O4S. The van der Waals surface area contributed by atoms with E-state index in [2.05, 4.69) is 14.9 Å². The number of aromatic nitrogens is 2. The van der Waals surface area contributed by atoms with Gasteiger partial charge in [-0.3, -0.25) is 0 Å². The third-order valence-corrected chi connectivity index (χ3v) is 6.80. The van der Waals surface area contributed by atoms with Crippen LogP contribution in [0.3, 0.4) is 0 Å². The molecule has 3 heterocycles. The molecule has 150 valence electrons. The van der Waals surface area contributed by atoms with Crippen LogP contribution < -0.4 is 9.80 Å². The number of piperazine rings is 1. The third-order valence-electron chi connectivity index (χ3n) is 5.05. The first-order chi connectivity index (χ1) is 12.9. The zero-order chi connectivity index (χ0) is 19.4. The van der Waals surface area contributed by atoms with Crippen LogP contribution in [0.1, 0.15) is 20.3 Å². The van der Waals surface area contributed by atoms with Crippen molar-refractivity contribution >= 4 is 27.6 Å². The number of nitrogens with zero attached hydrogens (tertiary/aromatic N) is 5. The molecule has 2 fully saturated rings. The van der Waals surface area contributed by atoms with Crippen molar-refractivity contribution in [1.82, 2.24) is 14.9 Å². The van der Waals surface area contributed by atoms with Crippen molar-refractivity contribution in [3.63, 3.8) is 0 Å². The molecular weight excluding hydrogens is 370 g/mol. The van der Waals surface area contributed by atoms with Gasteiger partial charge >= 0.3 is 6.09 Å². The van der Waals surface area contributed by atoms with Gasteiger partial charge in [0.25, 0.3) is 0 Å². The van der Waals surface area contributed by atoms with Gasteiger partial charge in [0.1, 0.15) is 18.0 Å². The first-order valence-electron chi connectivity index (χ1n) is 9.39. The molecule has 9 nitrogen and oxygen atoms in total. The normalized spacial score (nSPS) is 21.9. The van der Waals surface area contributed by atoms with E-state index in [1.54, 1.807) is 11.8 Å². The van der Waals surface area contributed by atoms with E-state index in [0.717, 1.165) is 11.6 Å². The highest BCUT2D eigenvalue weighted by Gasteiger charge is 2.32. The highest BCUT2D eigenvalue weighted by molar-refractivity contribution is 7.91. The Morgan fingerprint density at radius 3 is 2.59 bits per heavy atom. The summed E-state index contributed by atoms with van der Waals surface area (Å²) in [5.41, 5.74) is 0. The Labute approximate surface area is 160 Å². The second kappa shape index (κ2) is 8.28. The zero-order valence-electron chi connectivity index (χ0n) is 15.9. The Morgan fingerprint density at radius 1 is 1.26 bits per heavy atom. The molecule has 1 unspecified atom stereocenters. The average Bonchev–Trinajstić information content (AvgIpc) is 3.02. The van der Waals surface area contributed by atoms with Gasteiger partial charge in [-0.15, -0.1) is 0 Å². The summed E-state index contributed by atoms with van der Waals surface area (Å²) in [6, 6.07) is 1.87. The van der Waals surface area contributed by atoms with Crippen LogP contribution in [0, 0.1) is 0 Å². The second-order valence-corrected chi connectivity index (χ2v) is 8.98. The van der Waals surface area contributed by atoms with Crippen molar-refractivity contribution in [2.45, 2.75) is 26.3 Å². The predicted molar refractivity (Wildman–Crippen MR) is 103 cm³/mol. The lowest BCUT2D eigenvalue weighted by atomic mass is 10.2. The Balaban J connectivity index is 1.68. The molecule has 2 aliphatic rings. The summed E-state index contributed by atoms with van der Waals surface area (Å²) in [7, 11) is -2.95. The fraction of sp³-hybridized carbons (Fsp3) is 0.706. The van der Waals surface area contributed by atoms with E-state index in [0.29, 0.717) is 45.8 Å². The second-order valence-electron chi connectivity index (χ2n) is 6.75. The lowest BCUT2D eigenvalue weighted by Crippen LogP contribution is -2.49. The minimum Gasteiger partial charge on any atom is -0.450 e. The highest BCUT2D eigenvalue weighted by Crippen LogP contribution is 2.25. The lowest BCUT2D eigenvalue weighted by molar-refractivity contribution is 0.105. The van der Waals surface area contributed by atoms with Crippen LogP contribution >= 0.6 is 0 Å². The van der Waals surface area contributed by atoms with Gasteiger partial charge in [0.15, 0.2) is 9.84 Å². The van der Waals surface area contributed by atoms with E-state index in [9.17, 15) is 13.2 Å². The van der Waals surface area contributed by atoms with Crippen molar-refractivity contribution in [2.24, 2.45) is 0 Å². The van der Waals surface area contributed by atoms with Crippen LogP contribution in [0.25, 0.3) is 0 Å². The van der Waals surface area contributed by atoms with Gasteiger partial charge in [-0.1, -0.05) is 0 Å². The maximum atomic E-state index is 11.8. The molecule has 1 aromatic rings. The van der Waals surface area contributed by atoms with Gasteiger partial charge in [0, 0.05) is 44.8 Å². The summed E-state index contributed by atoms with van der Waals surface area (Å²) in [6.07, 6.45) is 1.88. The Bertz CT molecular complexity index is 764. The summed E-state index contributed by atoms with van der Waals surface area (Å²) in [5.74, 6) is 1.96. The molecule has 0 saturated carbocycles. The molecule has 1 aromatic heterocycles. The average molecular weight is 398 g/mol. The summed E-state index contributed by atoms with van der Waals surface area (Å²) in [5, 5.41) is 0. The van der Waals surface area contributed by atoms with Gasteiger partial charge < -0.3 is 19.4 Å². The number of carbonyl (C=O) groups is 1. The van der Waals surface area contributed by atoms with E-state index in [-0.39, 0.29) is 23.6 Å². The summed E-state index contributed by atoms with van der Waals surface area (Å²) in [4.78, 5) is 26.4. The van der Waals surface area contributed by atoms with E-state index < -0.39 is 9.84 Å². The minimum absolute atomic E-state index is 0.0385. The molecule has 27 heavy (non-hydrogen) atoms. The van der Waals surface area contributed by atoms with Crippen LogP contribution in [-0.2, 0) is 14.6 Å². The molecule has 2 aliphatic heterocycles. The third kappa shape index (κ3) is 4.60. The highest BCUT2D eigenvalue weighted by atomic mass is 32.2. The Hall–Kier alpha value is -2.10. The van der Waals surface area contributed by atoms with Gasteiger partial charge in [-0.05, 0) is 20.3 Å². The first-order valence-corrected chi connectivity index (χ1v) is 11.2. The van der Waals surface area contributed by atoms with E-state index >= 15 is 0 Å². The van der Waals surface area contributed by atoms with Crippen molar-refractivity contribution < 1.29 is 17.9 Å². The fourth-order valence-electron chi connectivity index (χ4n) is 3.63. The van der Waals surface area contributed by atoms with Gasteiger partial charge in [0.2, 0.25) is 0 Å². The fourth-order valence-corrected chi connectivity index (χ4v) is 5.36. The van der Waals surface area contributed by atoms with Crippen LogP contribution in [0.15, 0.2) is 12.4 Å². The monoisotopic (exact) mass is 397 g/mol. The van der Waals surface area contributed by atoms with E-state index in [4.69, 9.17) is 4.74 Å². The van der Waals surface area contributed by atoms with Crippen LogP contribution in [-0.4, -0.2) is 86.3 Å². The number of anilines is 2. The molecule has 0 radical (unpaired) electrons. The number of carbonyl (C=O) groups excluding carboxylic acids is 1. The summed E-state index contributed by atoms with van der Waals surface area (Å²) < 4.78 is 28.7. The molecule has 10 heteroatoms. The standard InChI is InChI=1S/C17H27N5O4S/c1-3-22(14-5-10-27(24,25)12-14)16-11-15(18-13-19-16)20-6-8-21(9-7-20)17(23)26-4-2/h11,13-14H,3-10,12H2,1-2H3. The number of sulfone groups is 1. The number of rotatable bonds is 5. The maximum Gasteiger partial charge on any atom is 0.409 e. The topological polar surface area (TPSA) is 95.9 Å². The number of hydrogen-bond donors (Lipinski definition) is 0. The maximum absolute atomic E-state index is 11.8. The van der Waals surface area contributed by atoms with Gasteiger partial charge in [-0.2, -0.15) is 0 Å². The molecule has 3 rings (SSSR count). The zero-order valence-corrected chi connectivity index (χ0v) is 16.7. The SMILES string of the molecule is CCOC(=O)N1CCN(c2cc(N(CC)C3CCS(=O)(=O)C3)ncn2)CC1. The number of hydrogen-bond acceptors (Lipinski definition) is 8. The van der Waals surface area contributed by atoms with Crippen LogP contribution in [0.5, 0.6) is 0 Å². The molecule has 0 aromatic carbocycles. The minimum atomic E-state index is -2.95. The van der Waals surface area contributed by atoms with Gasteiger partial charge in [0.05, 0.1) is 18.1 Å². The predicted octanol–water partition coefficient (Wildman–Crippen LogP) is 0.769. The molecule has 2 saturated heterocycles. The molecule has 0 aliphatic carbocycles. The van der Waals surface area contributed by atoms with E-state index in [1.807, 2.05) is 17.9 Å².